The normalized spacial score (nSPS) is 10.3. The minimum Gasteiger partial charge on any atom is -0.497 e. The van der Waals surface area contributed by atoms with Crippen LogP contribution in [0.5, 0.6) is 5.75 Å². The average molecular weight is 278 g/mol. The van der Waals surface area contributed by atoms with E-state index in [4.69, 9.17) is 14.9 Å². The fourth-order valence-corrected chi connectivity index (χ4v) is 1.57. The number of nitrogens with one attached hydrogen (secondary N) is 1. The van der Waals surface area contributed by atoms with E-state index in [2.05, 4.69) is 15.5 Å². The van der Waals surface area contributed by atoms with Gasteiger partial charge in [-0.2, -0.15) is 0 Å². The zero-order valence-corrected chi connectivity index (χ0v) is 10.8. The molecule has 0 unspecified atom stereocenters. The number of aliphatic hydroxyl groups is 1. The molecular formula is C12H14N4O4. The predicted molar refractivity (Wildman–Crippen MR) is 70.4 cm³/mol. The second-order valence-electron chi connectivity index (χ2n) is 3.84. The number of aliphatic hydroxyl groups excluding tert-OH is 1. The number of benzene rings is 1. The molecule has 0 bridgehead atoms. The summed E-state index contributed by atoms with van der Waals surface area (Å²) in [6.45, 7) is 0.0655. The first-order chi connectivity index (χ1) is 9.65. The van der Waals surface area contributed by atoms with Gasteiger partial charge < -0.3 is 20.3 Å². The summed E-state index contributed by atoms with van der Waals surface area (Å²) in [7, 11) is 1.56. The molecule has 1 aromatic carbocycles. The first-order valence-corrected chi connectivity index (χ1v) is 5.85. The molecule has 1 aromatic heterocycles. The minimum absolute atomic E-state index is 0.113. The standard InChI is InChI=1S/C12H14N4O4/c1-20-9-4-2-8(3-5-9)16-14-10(12(18)19)11(15-16)13-6-7-17/h2-5,17H,6-7H2,1H3,(H,13,15)(H,18,19). The first kappa shape index (κ1) is 13.8. The third-order valence-corrected chi connectivity index (χ3v) is 2.52. The lowest BCUT2D eigenvalue weighted by Gasteiger charge is -2.02. The number of hydrogen-bond acceptors (Lipinski definition) is 6. The van der Waals surface area contributed by atoms with Crippen LogP contribution in [-0.2, 0) is 0 Å². The van der Waals surface area contributed by atoms with Gasteiger partial charge in [0.2, 0.25) is 5.69 Å². The second kappa shape index (κ2) is 6.02. The highest BCUT2D eigenvalue weighted by atomic mass is 16.5. The van der Waals surface area contributed by atoms with Gasteiger partial charge in [0.05, 0.1) is 19.4 Å². The molecule has 0 fully saturated rings. The van der Waals surface area contributed by atoms with Crippen LogP contribution in [0.4, 0.5) is 5.82 Å². The van der Waals surface area contributed by atoms with Crippen molar-refractivity contribution < 1.29 is 19.7 Å². The average Bonchev–Trinajstić information content (AvgIpc) is 2.89. The Labute approximate surface area is 114 Å². The van der Waals surface area contributed by atoms with Gasteiger partial charge in [0.15, 0.2) is 5.82 Å². The Bertz CT molecular complexity index is 594. The van der Waals surface area contributed by atoms with E-state index in [-0.39, 0.29) is 24.7 Å². The molecule has 0 spiro atoms. The van der Waals surface area contributed by atoms with Crippen molar-refractivity contribution in [3.63, 3.8) is 0 Å². The molecule has 0 aliphatic carbocycles. The molecule has 0 amide bonds. The van der Waals surface area contributed by atoms with Gasteiger partial charge in [0.1, 0.15) is 5.75 Å². The fourth-order valence-electron chi connectivity index (χ4n) is 1.57. The smallest absolute Gasteiger partial charge is 0.360 e. The van der Waals surface area contributed by atoms with E-state index in [1.165, 1.54) is 4.80 Å². The molecule has 0 saturated carbocycles. The summed E-state index contributed by atoms with van der Waals surface area (Å²) in [5, 5.41) is 28.5. The van der Waals surface area contributed by atoms with Gasteiger partial charge >= 0.3 is 5.97 Å². The minimum atomic E-state index is -1.19. The fraction of sp³-hybridized carbons (Fsp3) is 0.250. The largest absolute Gasteiger partial charge is 0.497 e. The van der Waals surface area contributed by atoms with Gasteiger partial charge in [-0.25, -0.2) is 4.79 Å². The third kappa shape index (κ3) is 2.86. The van der Waals surface area contributed by atoms with Crippen LogP contribution in [0, 0.1) is 0 Å². The SMILES string of the molecule is COc1ccc(-n2nc(NCCO)c(C(=O)O)n2)cc1. The van der Waals surface area contributed by atoms with E-state index in [0.717, 1.165) is 0 Å². The summed E-state index contributed by atoms with van der Waals surface area (Å²) >= 11 is 0. The number of ether oxygens (including phenoxy) is 1. The number of aromatic nitrogens is 3. The monoisotopic (exact) mass is 278 g/mol. The van der Waals surface area contributed by atoms with Crippen molar-refractivity contribution in [1.29, 1.82) is 0 Å². The van der Waals surface area contributed by atoms with Crippen LogP contribution in [-0.4, -0.2) is 51.4 Å². The van der Waals surface area contributed by atoms with Crippen molar-refractivity contribution in [3.05, 3.63) is 30.0 Å². The number of hydrogen-bond donors (Lipinski definition) is 3. The molecule has 20 heavy (non-hydrogen) atoms. The zero-order chi connectivity index (χ0) is 14.5. The highest BCUT2D eigenvalue weighted by Crippen LogP contribution is 2.16. The van der Waals surface area contributed by atoms with E-state index in [1.807, 2.05) is 0 Å². The predicted octanol–water partition coefficient (Wildman–Crippen LogP) is 0.378. The van der Waals surface area contributed by atoms with E-state index in [0.29, 0.717) is 11.4 Å². The van der Waals surface area contributed by atoms with Crippen LogP contribution in [0.25, 0.3) is 5.69 Å². The van der Waals surface area contributed by atoms with Crippen molar-refractivity contribution in [2.24, 2.45) is 0 Å². The van der Waals surface area contributed by atoms with Crippen molar-refractivity contribution in [2.75, 3.05) is 25.6 Å². The van der Waals surface area contributed by atoms with E-state index < -0.39 is 5.97 Å². The number of aromatic carboxylic acids is 1. The Balaban J connectivity index is 2.33. The molecule has 1 heterocycles. The van der Waals surface area contributed by atoms with Crippen LogP contribution < -0.4 is 10.1 Å². The molecular weight excluding hydrogens is 264 g/mol. The maximum Gasteiger partial charge on any atom is 0.360 e. The number of carbonyl (C=O) groups is 1. The van der Waals surface area contributed by atoms with Crippen LogP contribution in [0.3, 0.4) is 0 Å². The second-order valence-corrected chi connectivity index (χ2v) is 3.84. The number of rotatable bonds is 6. The lowest BCUT2D eigenvalue weighted by atomic mass is 10.3. The number of nitrogens with zero attached hydrogens (tertiary/aromatic N) is 3. The van der Waals surface area contributed by atoms with Crippen molar-refractivity contribution in [2.45, 2.75) is 0 Å². The van der Waals surface area contributed by atoms with Crippen molar-refractivity contribution >= 4 is 11.8 Å². The van der Waals surface area contributed by atoms with Crippen LogP contribution in [0.2, 0.25) is 0 Å². The quantitative estimate of drug-likeness (QED) is 0.700. The first-order valence-electron chi connectivity index (χ1n) is 5.85. The van der Waals surface area contributed by atoms with Crippen LogP contribution in [0.15, 0.2) is 24.3 Å². The summed E-state index contributed by atoms with van der Waals surface area (Å²) in [6, 6.07) is 6.86. The summed E-state index contributed by atoms with van der Waals surface area (Å²) in [6.07, 6.45) is 0. The van der Waals surface area contributed by atoms with E-state index in [9.17, 15) is 4.79 Å². The summed E-state index contributed by atoms with van der Waals surface area (Å²) in [4.78, 5) is 12.3. The molecule has 2 rings (SSSR count). The Kier molecular flexibility index (Phi) is 4.16. The zero-order valence-electron chi connectivity index (χ0n) is 10.8. The molecule has 8 heteroatoms. The molecule has 0 radical (unpaired) electrons. The Hall–Kier alpha value is -2.61. The molecule has 2 aromatic rings. The lowest BCUT2D eigenvalue weighted by molar-refractivity contribution is 0.0691. The van der Waals surface area contributed by atoms with Gasteiger partial charge in [-0.3, -0.25) is 0 Å². The van der Waals surface area contributed by atoms with Crippen molar-refractivity contribution in [3.8, 4) is 11.4 Å². The van der Waals surface area contributed by atoms with Gasteiger partial charge in [-0.15, -0.1) is 15.0 Å². The number of anilines is 1. The molecule has 0 atom stereocenters. The van der Waals surface area contributed by atoms with Gasteiger partial charge in [0.25, 0.3) is 0 Å². The molecule has 8 nitrogen and oxygen atoms in total. The van der Waals surface area contributed by atoms with Gasteiger partial charge in [-0.1, -0.05) is 0 Å². The lowest BCUT2D eigenvalue weighted by Crippen LogP contribution is -2.09. The Morgan fingerprint density at radius 2 is 2.05 bits per heavy atom. The van der Waals surface area contributed by atoms with Crippen LogP contribution >= 0.6 is 0 Å². The third-order valence-electron chi connectivity index (χ3n) is 2.52. The van der Waals surface area contributed by atoms with E-state index in [1.54, 1.807) is 31.4 Å². The molecule has 3 N–H and O–H groups in total. The maximum atomic E-state index is 11.1. The van der Waals surface area contributed by atoms with Crippen LogP contribution in [0.1, 0.15) is 10.5 Å². The molecule has 106 valence electrons. The topological polar surface area (TPSA) is 110 Å². The number of carboxylic acids is 1. The Morgan fingerprint density at radius 1 is 1.35 bits per heavy atom. The summed E-state index contributed by atoms with van der Waals surface area (Å²) < 4.78 is 5.04. The summed E-state index contributed by atoms with van der Waals surface area (Å²) in [5.41, 5.74) is 0.402. The molecule has 0 aliphatic heterocycles. The Morgan fingerprint density at radius 3 is 2.60 bits per heavy atom. The summed E-state index contributed by atoms with van der Waals surface area (Å²) in [5.74, 6) is -0.398. The number of carboxylic acid groups (broad SMARTS) is 1. The maximum absolute atomic E-state index is 11.1. The van der Waals surface area contributed by atoms with Crippen molar-refractivity contribution in [1.82, 2.24) is 15.0 Å². The van der Waals surface area contributed by atoms with E-state index >= 15 is 0 Å². The number of methoxy groups -OCH3 is 1. The highest BCUT2D eigenvalue weighted by Gasteiger charge is 2.18. The highest BCUT2D eigenvalue weighted by molar-refractivity contribution is 5.90. The molecule has 0 saturated heterocycles. The van der Waals surface area contributed by atoms with Gasteiger partial charge in [-0.05, 0) is 24.3 Å². The van der Waals surface area contributed by atoms with Gasteiger partial charge in [0, 0.05) is 6.54 Å². The molecule has 0 aliphatic rings.